The quantitative estimate of drug-likeness (QED) is 0.505. The van der Waals surface area contributed by atoms with E-state index in [1.165, 1.54) is 9.08 Å². The number of piperidine rings is 1. The molecule has 1 amide bonds. The van der Waals surface area contributed by atoms with Gasteiger partial charge in [0.1, 0.15) is 6.54 Å². The molecule has 31 heavy (non-hydrogen) atoms. The van der Waals surface area contributed by atoms with Crippen LogP contribution in [0.2, 0.25) is 0 Å². The number of fused-ring (bicyclic) bond motifs is 1. The Kier molecular flexibility index (Phi) is 4.85. The number of aromatic nitrogens is 5. The highest BCUT2D eigenvalue weighted by Crippen LogP contribution is 2.24. The molecule has 4 aromatic rings. The summed E-state index contributed by atoms with van der Waals surface area (Å²) in [7, 11) is 0. The van der Waals surface area contributed by atoms with Crippen molar-refractivity contribution in [1.82, 2.24) is 29.2 Å². The Bertz CT molecular complexity index is 1290. The number of pyridine rings is 1. The lowest BCUT2D eigenvalue weighted by atomic mass is 10.0. The number of benzene rings is 1. The molecule has 0 aliphatic carbocycles. The first-order valence-electron chi connectivity index (χ1n) is 10.4. The molecule has 1 fully saturated rings. The lowest BCUT2D eigenvalue weighted by Gasteiger charge is -2.30. The third-order valence-electron chi connectivity index (χ3n) is 5.59. The van der Waals surface area contributed by atoms with E-state index in [0.29, 0.717) is 23.0 Å². The number of carbonyl (C=O) groups is 1. The molecule has 1 aromatic carbocycles. The van der Waals surface area contributed by atoms with Crippen molar-refractivity contribution >= 4 is 11.6 Å². The predicted molar refractivity (Wildman–Crippen MR) is 113 cm³/mol. The van der Waals surface area contributed by atoms with Gasteiger partial charge < -0.3 is 9.42 Å². The van der Waals surface area contributed by atoms with Gasteiger partial charge in [0.2, 0.25) is 11.7 Å². The molecule has 0 bridgehead atoms. The van der Waals surface area contributed by atoms with Crippen molar-refractivity contribution in [2.75, 3.05) is 13.1 Å². The number of nitrogens with zero attached hydrogens (tertiary/aromatic N) is 6. The van der Waals surface area contributed by atoms with Crippen LogP contribution in [0.1, 0.15) is 19.8 Å². The smallest absolute Gasteiger partial charge is 0.341 e. The summed E-state index contributed by atoms with van der Waals surface area (Å²) in [6.45, 7) is 3.49. The first-order chi connectivity index (χ1) is 15.1. The van der Waals surface area contributed by atoms with Crippen molar-refractivity contribution < 1.29 is 9.32 Å². The number of amides is 1. The summed E-state index contributed by atoms with van der Waals surface area (Å²) >= 11 is 0. The average Bonchev–Trinajstić information content (AvgIpc) is 3.40. The summed E-state index contributed by atoms with van der Waals surface area (Å²) in [5, 5.41) is 8.46. The van der Waals surface area contributed by atoms with Crippen LogP contribution in [0.25, 0.3) is 28.5 Å². The normalized spacial score (nSPS) is 16.7. The fourth-order valence-corrected chi connectivity index (χ4v) is 3.99. The van der Waals surface area contributed by atoms with Crippen LogP contribution in [0.4, 0.5) is 0 Å². The summed E-state index contributed by atoms with van der Waals surface area (Å²) in [6.07, 6.45) is 3.72. The topological polar surface area (TPSA) is 98.5 Å². The highest BCUT2D eigenvalue weighted by Gasteiger charge is 2.23. The van der Waals surface area contributed by atoms with Gasteiger partial charge in [0.05, 0.1) is 5.56 Å². The van der Waals surface area contributed by atoms with E-state index < -0.39 is 0 Å². The monoisotopic (exact) mass is 418 g/mol. The Morgan fingerprint density at radius 3 is 2.84 bits per heavy atom. The van der Waals surface area contributed by atoms with Gasteiger partial charge in [0.15, 0.2) is 5.65 Å². The second kappa shape index (κ2) is 7.82. The minimum atomic E-state index is -0.377. The number of hydrogen-bond acceptors (Lipinski definition) is 6. The Labute approximate surface area is 177 Å². The minimum Gasteiger partial charge on any atom is -0.341 e. The number of likely N-dealkylation sites (tertiary alicyclic amines) is 1. The molecule has 1 unspecified atom stereocenters. The molecule has 1 aliphatic rings. The van der Waals surface area contributed by atoms with Crippen LogP contribution in [0.5, 0.6) is 0 Å². The van der Waals surface area contributed by atoms with E-state index in [-0.39, 0.29) is 24.0 Å². The first kappa shape index (κ1) is 19.2. The second-order valence-corrected chi connectivity index (χ2v) is 7.93. The molecule has 5 rings (SSSR count). The lowest BCUT2D eigenvalue weighted by Crippen LogP contribution is -2.42. The zero-order valence-electron chi connectivity index (χ0n) is 17.1. The molecule has 1 aliphatic heterocycles. The summed E-state index contributed by atoms with van der Waals surface area (Å²) in [4.78, 5) is 31.9. The molecule has 0 saturated carbocycles. The second-order valence-electron chi connectivity index (χ2n) is 7.93. The summed E-state index contributed by atoms with van der Waals surface area (Å²) < 4.78 is 8.05. The van der Waals surface area contributed by atoms with Crippen LogP contribution in [0.3, 0.4) is 0 Å². The van der Waals surface area contributed by atoms with E-state index in [1.54, 1.807) is 18.3 Å². The number of rotatable bonds is 4. The van der Waals surface area contributed by atoms with Crippen LogP contribution in [-0.4, -0.2) is 48.2 Å². The Morgan fingerprint density at radius 2 is 2.03 bits per heavy atom. The van der Waals surface area contributed by atoms with Crippen LogP contribution in [0, 0.1) is 5.92 Å². The first-order valence-corrected chi connectivity index (χ1v) is 10.4. The molecular formula is C22H22N6O3. The standard InChI is InChI=1S/C22H22N6O3/c1-15-7-5-11-26(13-15)18(29)14-28-22(30)27-12-6-10-17(20(27)24-28)21-23-19(25-31-21)16-8-3-2-4-9-16/h2-4,6,8-10,12,15H,5,7,11,13-14H2,1H3. The highest BCUT2D eigenvalue weighted by molar-refractivity contribution is 5.76. The van der Waals surface area contributed by atoms with Gasteiger partial charge in [-0.25, -0.2) is 13.9 Å². The van der Waals surface area contributed by atoms with E-state index in [1.807, 2.05) is 35.2 Å². The third kappa shape index (κ3) is 3.63. The van der Waals surface area contributed by atoms with Gasteiger partial charge in [0, 0.05) is 24.8 Å². The van der Waals surface area contributed by atoms with Crippen LogP contribution < -0.4 is 5.69 Å². The molecule has 0 spiro atoms. The number of carbonyl (C=O) groups excluding carboxylic acids is 1. The van der Waals surface area contributed by atoms with E-state index in [2.05, 4.69) is 22.2 Å². The largest absolute Gasteiger partial charge is 0.350 e. The Hall–Kier alpha value is -3.75. The van der Waals surface area contributed by atoms with Crippen molar-refractivity contribution in [3.05, 3.63) is 59.1 Å². The molecule has 158 valence electrons. The molecule has 9 nitrogen and oxygen atoms in total. The van der Waals surface area contributed by atoms with Gasteiger partial charge in [0.25, 0.3) is 5.89 Å². The maximum atomic E-state index is 12.8. The van der Waals surface area contributed by atoms with Gasteiger partial charge in [-0.1, -0.05) is 42.4 Å². The van der Waals surface area contributed by atoms with E-state index in [0.717, 1.165) is 31.5 Å². The Morgan fingerprint density at radius 1 is 1.19 bits per heavy atom. The third-order valence-corrected chi connectivity index (χ3v) is 5.59. The predicted octanol–water partition coefficient (Wildman–Crippen LogP) is 2.47. The fraction of sp³-hybridized carbons (Fsp3) is 0.318. The van der Waals surface area contributed by atoms with Crippen LogP contribution in [-0.2, 0) is 11.3 Å². The summed E-state index contributed by atoms with van der Waals surface area (Å²) in [5.41, 5.74) is 1.36. The van der Waals surface area contributed by atoms with E-state index in [4.69, 9.17) is 4.52 Å². The van der Waals surface area contributed by atoms with Gasteiger partial charge in [-0.2, -0.15) is 4.98 Å². The van der Waals surface area contributed by atoms with Crippen molar-refractivity contribution in [2.45, 2.75) is 26.3 Å². The van der Waals surface area contributed by atoms with Gasteiger partial charge in [-0.3, -0.25) is 4.79 Å². The highest BCUT2D eigenvalue weighted by atomic mass is 16.5. The molecule has 0 N–H and O–H groups in total. The van der Waals surface area contributed by atoms with Gasteiger partial charge >= 0.3 is 5.69 Å². The molecule has 4 heterocycles. The molecule has 0 radical (unpaired) electrons. The zero-order valence-corrected chi connectivity index (χ0v) is 17.1. The maximum absolute atomic E-state index is 12.8. The van der Waals surface area contributed by atoms with Crippen LogP contribution in [0.15, 0.2) is 58.0 Å². The van der Waals surface area contributed by atoms with Gasteiger partial charge in [-0.15, -0.1) is 5.10 Å². The van der Waals surface area contributed by atoms with Crippen molar-refractivity contribution in [1.29, 1.82) is 0 Å². The zero-order chi connectivity index (χ0) is 21.4. The van der Waals surface area contributed by atoms with E-state index >= 15 is 0 Å². The average molecular weight is 418 g/mol. The molecule has 1 atom stereocenters. The maximum Gasteiger partial charge on any atom is 0.350 e. The lowest BCUT2D eigenvalue weighted by molar-refractivity contribution is -0.133. The van der Waals surface area contributed by atoms with Crippen molar-refractivity contribution in [3.63, 3.8) is 0 Å². The van der Waals surface area contributed by atoms with Crippen molar-refractivity contribution in [3.8, 4) is 22.8 Å². The Balaban J connectivity index is 1.47. The SMILES string of the molecule is CC1CCCN(C(=O)Cn2nc3c(-c4nc(-c5ccccc5)no4)cccn3c2=O)C1. The van der Waals surface area contributed by atoms with Gasteiger partial charge in [-0.05, 0) is 30.9 Å². The summed E-state index contributed by atoms with van der Waals surface area (Å²) in [5.74, 6) is 1.09. The van der Waals surface area contributed by atoms with E-state index in [9.17, 15) is 9.59 Å². The molecule has 1 saturated heterocycles. The minimum absolute atomic E-state index is 0.0915. The molecule has 9 heteroatoms. The molecular weight excluding hydrogens is 396 g/mol. The molecule has 3 aromatic heterocycles. The number of hydrogen-bond donors (Lipinski definition) is 0. The summed E-state index contributed by atoms with van der Waals surface area (Å²) in [6, 6.07) is 13.0. The van der Waals surface area contributed by atoms with Crippen molar-refractivity contribution in [2.24, 2.45) is 5.92 Å². The fourth-order valence-electron chi connectivity index (χ4n) is 3.99. The van der Waals surface area contributed by atoms with Crippen LogP contribution >= 0.6 is 0 Å².